The van der Waals surface area contributed by atoms with Crippen molar-refractivity contribution in [3.63, 3.8) is 0 Å². The highest BCUT2D eigenvalue weighted by atomic mass is 16.6. The Morgan fingerprint density at radius 3 is 1.11 bits per heavy atom. The highest BCUT2D eigenvalue weighted by Gasteiger charge is 2.19. The maximum absolute atomic E-state index is 12.8. The van der Waals surface area contributed by atoms with Crippen LogP contribution in [0.3, 0.4) is 0 Å². The number of rotatable bonds is 48. The molecule has 0 aliphatic carbocycles. The summed E-state index contributed by atoms with van der Waals surface area (Å²) in [6.07, 6.45) is 66.0. The van der Waals surface area contributed by atoms with Crippen molar-refractivity contribution < 1.29 is 28.6 Å². The highest BCUT2D eigenvalue weighted by molar-refractivity contribution is 5.71. The molecule has 0 saturated heterocycles. The van der Waals surface area contributed by atoms with Gasteiger partial charge in [-0.3, -0.25) is 14.4 Å². The third kappa shape index (κ3) is 49.9. The van der Waals surface area contributed by atoms with Crippen LogP contribution in [-0.4, -0.2) is 37.2 Å². The van der Waals surface area contributed by atoms with Gasteiger partial charge >= 0.3 is 17.9 Å². The molecule has 0 radical (unpaired) electrons. The number of esters is 3. The minimum Gasteiger partial charge on any atom is -0.462 e. The maximum Gasteiger partial charge on any atom is 0.306 e. The third-order valence-corrected chi connectivity index (χ3v) is 11.5. The number of unbranched alkanes of at least 4 members (excludes halogenated alkanes) is 27. The summed E-state index contributed by atoms with van der Waals surface area (Å²) < 4.78 is 16.8. The summed E-state index contributed by atoms with van der Waals surface area (Å²) >= 11 is 0. The van der Waals surface area contributed by atoms with Crippen molar-refractivity contribution in [2.45, 2.75) is 264 Å². The van der Waals surface area contributed by atoms with Crippen molar-refractivity contribution in [1.29, 1.82) is 0 Å². The lowest BCUT2D eigenvalue weighted by molar-refractivity contribution is -0.167. The monoisotopic (exact) mass is 893 g/mol. The summed E-state index contributed by atoms with van der Waals surface area (Å²) in [5.41, 5.74) is 0. The van der Waals surface area contributed by atoms with Crippen LogP contribution in [0.1, 0.15) is 258 Å². The van der Waals surface area contributed by atoms with Crippen LogP contribution in [0.2, 0.25) is 0 Å². The molecule has 1 unspecified atom stereocenters. The average Bonchev–Trinajstić information content (AvgIpc) is 3.29. The molecule has 0 heterocycles. The van der Waals surface area contributed by atoms with Crippen molar-refractivity contribution in [1.82, 2.24) is 0 Å². The summed E-state index contributed by atoms with van der Waals surface area (Å²) in [5.74, 6) is -0.922. The zero-order chi connectivity index (χ0) is 46.5. The van der Waals surface area contributed by atoms with Gasteiger partial charge in [-0.2, -0.15) is 0 Å². The largest absolute Gasteiger partial charge is 0.462 e. The van der Waals surface area contributed by atoms with Crippen LogP contribution < -0.4 is 0 Å². The molecule has 0 aromatic rings. The first-order valence-electron chi connectivity index (χ1n) is 27.0. The number of carbonyl (C=O) groups excluding carboxylic acids is 3. The number of hydrogen-bond donors (Lipinski definition) is 0. The van der Waals surface area contributed by atoms with E-state index < -0.39 is 6.10 Å². The van der Waals surface area contributed by atoms with Crippen LogP contribution in [0.5, 0.6) is 0 Å². The number of hydrogen-bond acceptors (Lipinski definition) is 6. The van der Waals surface area contributed by atoms with E-state index >= 15 is 0 Å². The number of ether oxygens (including phenoxy) is 3. The van der Waals surface area contributed by atoms with E-state index in [4.69, 9.17) is 14.2 Å². The molecule has 0 N–H and O–H groups in total. The topological polar surface area (TPSA) is 78.9 Å². The molecule has 64 heavy (non-hydrogen) atoms. The molecule has 368 valence electrons. The van der Waals surface area contributed by atoms with Gasteiger partial charge in [0.1, 0.15) is 13.2 Å². The fraction of sp³-hybridized carbons (Fsp3) is 0.741. The van der Waals surface area contributed by atoms with E-state index in [1.54, 1.807) is 0 Å². The Balaban J connectivity index is 4.42. The first-order chi connectivity index (χ1) is 31.5. The minimum absolute atomic E-state index is 0.0896. The lowest BCUT2D eigenvalue weighted by Gasteiger charge is -2.18. The molecular formula is C58H100O6. The molecule has 0 aliphatic rings. The van der Waals surface area contributed by atoms with Gasteiger partial charge < -0.3 is 14.2 Å². The van der Waals surface area contributed by atoms with Crippen LogP contribution in [0.15, 0.2) is 72.9 Å². The predicted molar refractivity (Wildman–Crippen MR) is 274 cm³/mol. The second kappa shape index (κ2) is 52.5. The Morgan fingerprint density at radius 2 is 0.672 bits per heavy atom. The Kier molecular flexibility index (Phi) is 49.9. The summed E-state index contributed by atoms with van der Waals surface area (Å²) in [6.45, 7) is 6.45. The first kappa shape index (κ1) is 60.9. The second-order valence-electron chi connectivity index (χ2n) is 17.8. The summed E-state index contributed by atoms with van der Waals surface area (Å²) in [5, 5.41) is 0. The first-order valence-corrected chi connectivity index (χ1v) is 27.0. The van der Waals surface area contributed by atoms with Crippen LogP contribution in [-0.2, 0) is 28.6 Å². The molecule has 0 amide bonds. The fourth-order valence-corrected chi connectivity index (χ4v) is 7.41. The summed E-state index contributed by atoms with van der Waals surface area (Å²) in [6, 6.07) is 0. The van der Waals surface area contributed by atoms with Crippen molar-refractivity contribution in [3.8, 4) is 0 Å². The Hall–Kier alpha value is -3.15. The Morgan fingerprint density at radius 1 is 0.344 bits per heavy atom. The van der Waals surface area contributed by atoms with Crippen LogP contribution >= 0.6 is 0 Å². The van der Waals surface area contributed by atoms with E-state index in [1.165, 1.54) is 109 Å². The zero-order valence-corrected chi connectivity index (χ0v) is 42.0. The van der Waals surface area contributed by atoms with E-state index in [2.05, 4.69) is 93.7 Å². The van der Waals surface area contributed by atoms with Gasteiger partial charge in [0.2, 0.25) is 0 Å². The van der Waals surface area contributed by atoms with E-state index in [0.717, 1.165) is 109 Å². The van der Waals surface area contributed by atoms with Gasteiger partial charge in [0.15, 0.2) is 6.10 Å². The van der Waals surface area contributed by atoms with Crippen molar-refractivity contribution >= 4 is 17.9 Å². The van der Waals surface area contributed by atoms with Gasteiger partial charge in [-0.15, -0.1) is 0 Å². The smallest absolute Gasteiger partial charge is 0.306 e. The van der Waals surface area contributed by atoms with Gasteiger partial charge in [0.25, 0.3) is 0 Å². The Labute approximate surface area is 395 Å². The quantitative estimate of drug-likeness (QED) is 0.0199. The molecule has 0 saturated carbocycles. The van der Waals surface area contributed by atoms with Gasteiger partial charge in [0, 0.05) is 19.3 Å². The molecule has 0 bridgehead atoms. The minimum atomic E-state index is -0.791. The maximum atomic E-state index is 12.8. The standard InChI is InChI=1S/C58H100O6/c1-4-7-10-13-16-19-22-25-27-29-31-33-36-39-42-45-48-51-57(60)63-54-55(53-62-56(59)50-47-44-41-38-35-32-24-21-18-15-12-9-6-3)64-58(61)52-49-46-43-40-37-34-30-28-26-23-20-17-14-11-8-5-2/h9,12,15-16,18-19,21,24-25,27-28,30,55H,4-8,10-11,13-14,17,20,22-23,26,29,31-54H2,1-3H3/b12-9-,18-15-,19-16-,24-21-,27-25-,30-28-. The van der Waals surface area contributed by atoms with E-state index in [1.807, 2.05) is 0 Å². The summed E-state index contributed by atoms with van der Waals surface area (Å²) in [7, 11) is 0. The van der Waals surface area contributed by atoms with E-state index in [9.17, 15) is 14.4 Å². The van der Waals surface area contributed by atoms with Crippen LogP contribution in [0, 0.1) is 0 Å². The van der Waals surface area contributed by atoms with Gasteiger partial charge in [0.05, 0.1) is 0 Å². The highest BCUT2D eigenvalue weighted by Crippen LogP contribution is 2.14. The molecular weight excluding hydrogens is 793 g/mol. The predicted octanol–water partition coefficient (Wildman–Crippen LogP) is 17.8. The second-order valence-corrected chi connectivity index (χ2v) is 17.8. The zero-order valence-electron chi connectivity index (χ0n) is 42.0. The van der Waals surface area contributed by atoms with Crippen LogP contribution in [0.4, 0.5) is 0 Å². The fourth-order valence-electron chi connectivity index (χ4n) is 7.41. The molecule has 0 aliphatic heterocycles. The molecule has 1 atom stereocenters. The molecule has 0 aromatic heterocycles. The van der Waals surface area contributed by atoms with Gasteiger partial charge in [-0.25, -0.2) is 0 Å². The molecule has 6 heteroatoms. The van der Waals surface area contributed by atoms with Crippen LogP contribution in [0.25, 0.3) is 0 Å². The normalized spacial score (nSPS) is 12.6. The Bertz CT molecular complexity index is 1210. The van der Waals surface area contributed by atoms with Crippen molar-refractivity contribution in [2.75, 3.05) is 13.2 Å². The van der Waals surface area contributed by atoms with Crippen molar-refractivity contribution in [3.05, 3.63) is 72.9 Å². The lowest BCUT2D eigenvalue weighted by atomic mass is 10.1. The average molecular weight is 893 g/mol. The molecule has 0 fully saturated rings. The lowest BCUT2D eigenvalue weighted by Crippen LogP contribution is -2.30. The SMILES string of the molecule is CC\C=C/C=C\C=C/CCCCCCCC(=O)OCC(COC(=O)CCCCCCCCC/C=C\C/C=C\CCCCC)OC(=O)CCCCCCC/C=C\CCCCCCCCC. The number of carbonyl (C=O) groups is 3. The number of allylic oxidation sites excluding steroid dienone is 12. The van der Waals surface area contributed by atoms with Crippen molar-refractivity contribution in [2.24, 2.45) is 0 Å². The van der Waals surface area contributed by atoms with Gasteiger partial charge in [-0.1, -0.05) is 216 Å². The molecule has 6 nitrogen and oxygen atoms in total. The summed E-state index contributed by atoms with van der Waals surface area (Å²) in [4.78, 5) is 38.0. The third-order valence-electron chi connectivity index (χ3n) is 11.5. The van der Waals surface area contributed by atoms with E-state index in [-0.39, 0.29) is 31.1 Å². The molecule has 0 aromatic carbocycles. The molecule has 0 rings (SSSR count). The molecule has 0 spiro atoms. The van der Waals surface area contributed by atoms with Gasteiger partial charge in [-0.05, 0) is 96.3 Å². The van der Waals surface area contributed by atoms with E-state index in [0.29, 0.717) is 19.3 Å².